The van der Waals surface area contributed by atoms with Crippen LogP contribution >= 0.6 is 11.3 Å². The van der Waals surface area contributed by atoms with Crippen LogP contribution in [0.1, 0.15) is 24.8 Å². The molecule has 1 atom stereocenters. The molecule has 10 rings (SSSR count). The first-order valence-electron chi connectivity index (χ1n) is 19.0. The quantitative estimate of drug-likeness (QED) is 0.119. The fraction of sp³-hybridized carbons (Fsp3) is 0.100. The summed E-state index contributed by atoms with van der Waals surface area (Å²) >= 11 is 1.75. The third-order valence-electron chi connectivity index (χ3n) is 10.7. The monoisotopic (exact) mass is 726 g/mol. The normalized spacial score (nSPS) is 16.0. The molecule has 2 aromatic heterocycles. The van der Waals surface area contributed by atoms with E-state index in [2.05, 4.69) is 181 Å². The number of nitrogens with zero attached hydrogens (tertiary/aromatic N) is 4. The summed E-state index contributed by atoms with van der Waals surface area (Å²) in [6, 6.07) is 46.2. The zero-order valence-corrected chi connectivity index (χ0v) is 31.2. The second kappa shape index (κ2) is 14.4. The minimum atomic E-state index is 0.312. The molecule has 0 saturated heterocycles. The molecule has 0 N–H and O–H groups in total. The number of amidine groups is 1. The first-order chi connectivity index (χ1) is 27.2. The van der Waals surface area contributed by atoms with Crippen molar-refractivity contribution in [3.63, 3.8) is 0 Å². The maximum Gasteiger partial charge on any atom is 0.150 e. The van der Waals surface area contributed by atoms with Crippen LogP contribution in [0.15, 0.2) is 185 Å². The molecule has 0 radical (unpaired) electrons. The van der Waals surface area contributed by atoms with Crippen LogP contribution in [-0.2, 0) is 6.54 Å². The first kappa shape index (κ1) is 33.2. The third kappa shape index (κ3) is 6.47. The number of rotatable bonds is 7. The smallest absolute Gasteiger partial charge is 0.150 e. The lowest BCUT2D eigenvalue weighted by atomic mass is 9.99. The van der Waals surface area contributed by atoms with E-state index in [1.807, 2.05) is 0 Å². The van der Waals surface area contributed by atoms with Crippen molar-refractivity contribution in [1.82, 2.24) is 9.55 Å². The van der Waals surface area contributed by atoms with Gasteiger partial charge in [-0.2, -0.15) is 0 Å². The Morgan fingerprint density at radius 2 is 1.62 bits per heavy atom. The molecule has 2 aliphatic rings. The van der Waals surface area contributed by atoms with Crippen molar-refractivity contribution in [1.29, 1.82) is 0 Å². The van der Waals surface area contributed by atoms with Crippen LogP contribution in [0.5, 0.6) is 0 Å². The zero-order valence-electron chi connectivity index (χ0n) is 30.3. The van der Waals surface area contributed by atoms with Gasteiger partial charge in [0.1, 0.15) is 10.8 Å². The van der Waals surface area contributed by atoms with Crippen molar-refractivity contribution in [2.75, 3.05) is 0 Å². The van der Waals surface area contributed by atoms with E-state index in [1.165, 1.54) is 59.5 Å². The summed E-state index contributed by atoms with van der Waals surface area (Å²) in [6.07, 6.45) is 20.1. The summed E-state index contributed by atoms with van der Waals surface area (Å²) in [7, 11) is 0. The predicted octanol–water partition coefficient (Wildman–Crippen LogP) is 13.3. The number of hydrogen-bond acceptors (Lipinski definition) is 3. The van der Waals surface area contributed by atoms with E-state index in [1.54, 1.807) is 11.3 Å². The number of benzene rings is 6. The number of aromatic nitrogens is 2. The second-order valence-electron chi connectivity index (χ2n) is 14.3. The Morgan fingerprint density at radius 1 is 0.764 bits per heavy atom. The molecule has 4 nitrogen and oxygen atoms in total. The largest absolute Gasteiger partial charge is 0.309 e. The van der Waals surface area contributed by atoms with Gasteiger partial charge in [0.05, 0.1) is 27.8 Å². The van der Waals surface area contributed by atoms with E-state index in [9.17, 15) is 0 Å². The van der Waals surface area contributed by atoms with Crippen LogP contribution in [0.3, 0.4) is 0 Å². The second-order valence-corrected chi connectivity index (χ2v) is 15.3. The van der Waals surface area contributed by atoms with E-state index in [-0.39, 0.29) is 0 Å². The van der Waals surface area contributed by atoms with Gasteiger partial charge in [0.2, 0.25) is 0 Å². The Balaban J connectivity index is 0.978. The van der Waals surface area contributed by atoms with Gasteiger partial charge in [-0.3, -0.25) is 4.99 Å². The van der Waals surface area contributed by atoms with Crippen LogP contribution in [0.4, 0.5) is 0 Å². The van der Waals surface area contributed by atoms with Gasteiger partial charge in [-0.1, -0.05) is 121 Å². The Hall–Kier alpha value is -6.43. The van der Waals surface area contributed by atoms with Crippen molar-refractivity contribution in [3.05, 3.63) is 181 Å². The summed E-state index contributed by atoms with van der Waals surface area (Å²) < 4.78 is 3.61. The molecule has 0 saturated carbocycles. The lowest BCUT2D eigenvalue weighted by Gasteiger charge is -2.12. The molecule has 0 bridgehead atoms. The summed E-state index contributed by atoms with van der Waals surface area (Å²) in [4.78, 5) is 15.1. The first-order valence-corrected chi connectivity index (χ1v) is 19.9. The summed E-state index contributed by atoms with van der Waals surface area (Å²) in [5, 5.41) is 5.94. The Morgan fingerprint density at radius 3 is 2.49 bits per heavy atom. The third-order valence-corrected chi connectivity index (χ3v) is 11.8. The fourth-order valence-corrected chi connectivity index (χ4v) is 8.87. The van der Waals surface area contributed by atoms with Crippen molar-refractivity contribution >= 4 is 66.2 Å². The molecule has 0 spiro atoms. The lowest BCUT2D eigenvalue weighted by Crippen LogP contribution is -2.06. The van der Waals surface area contributed by atoms with Gasteiger partial charge >= 0.3 is 0 Å². The number of para-hydroxylation sites is 3. The summed E-state index contributed by atoms with van der Waals surface area (Å²) in [5.41, 5.74) is 10.4. The van der Waals surface area contributed by atoms with E-state index in [0.717, 1.165) is 46.9 Å². The van der Waals surface area contributed by atoms with Gasteiger partial charge in [-0.05, 0) is 101 Å². The maximum atomic E-state index is 5.07. The van der Waals surface area contributed by atoms with Gasteiger partial charge in [-0.25, -0.2) is 9.98 Å². The number of fused-ring (bicyclic) bond motifs is 5. The van der Waals surface area contributed by atoms with Gasteiger partial charge < -0.3 is 4.57 Å². The van der Waals surface area contributed by atoms with Crippen molar-refractivity contribution < 1.29 is 0 Å². The molecule has 264 valence electrons. The van der Waals surface area contributed by atoms with Crippen LogP contribution < -0.4 is 0 Å². The standard InChI is InChI=1S/C50H38N4S/c1-3-12-34(13-4-1)32-51-49(38-14-5-2-6-15-38)52-33-35-22-23-37-24-25-39(31-40(37)30-35)36-26-28-41(29-27-36)54-46-20-9-7-16-42(46)43-17-11-18-44(48(43)54)50-53-45-19-8-10-21-47(45)55-50/h1-5,7-12,14,16-32,34H,6,13,15,33H2. The predicted molar refractivity (Wildman–Crippen MR) is 235 cm³/mol. The highest BCUT2D eigenvalue weighted by Crippen LogP contribution is 2.40. The van der Waals surface area contributed by atoms with E-state index in [4.69, 9.17) is 15.0 Å². The SMILES string of the molecule is C1=CCCC(C(N=CC2C=CC=CC2)=NCc2ccc3ccc(-c4ccc(-n5c6ccccc6c6cccc(-c7nc8ccccc8s7)c65)cc4)cc3c2)=C1. The minimum Gasteiger partial charge on any atom is -0.309 e. The molecule has 55 heavy (non-hydrogen) atoms. The van der Waals surface area contributed by atoms with Gasteiger partial charge in [-0.15, -0.1) is 11.3 Å². The molecular weight excluding hydrogens is 689 g/mol. The molecule has 2 heterocycles. The van der Waals surface area contributed by atoms with Crippen LogP contribution in [0, 0.1) is 5.92 Å². The molecular formula is C50H38N4S. The van der Waals surface area contributed by atoms with Crippen LogP contribution in [-0.4, -0.2) is 21.6 Å². The Labute approximate surface area is 324 Å². The van der Waals surface area contributed by atoms with Crippen molar-refractivity contribution in [3.8, 4) is 27.4 Å². The maximum absolute atomic E-state index is 5.07. The molecule has 2 aliphatic carbocycles. The molecule has 0 amide bonds. The van der Waals surface area contributed by atoms with Gasteiger partial charge in [0.15, 0.2) is 0 Å². The number of thiazole rings is 1. The topological polar surface area (TPSA) is 42.5 Å². The Kier molecular flexibility index (Phi) is 8.70. The van der Waals surface area contributed by atoms with Crippen LogP contribution in [0.25, 0.3) is 70.2 Å². The van der Waals surface area contributed by atoms with Crippen LogP contribution in [0.2, 0.25) is 0 Å². The van der Waals surface area contributed by atoms with Gasteiger partial charge in [0.25, 0.3) is 0 Å². The van der Waals surface area contributed by atoms with Crippen molar-refractivity contribution in [2.45, 2.75) is 25.8 Å². The number of allylic oxidation sites excluding steroid dienone is 7. The van der Waals surface area contributed by atoms with E-state index >= 15 is 0 Å². The van der Waals surface area contributed by atoms with E-state index in [0.29, 0.717) is 12.5 Å². The molecule has 0 aliphatic heterocycles. The zero-order chi connectivity index (χ0) is 36.6. The molecule has 0 fully saturated rings. The van der Waals surface area contributed by atoms with Gasteiger partial charge in [0, 0.05) is 34.2 Å². The Bertz CT molecular complexity index is 2900. The summed E-state index contributed by atoms with van der Waals surface area (Å²) in [6.45, 7) is 0.584. The average molecular weight is 727 g/mol. The average Bonchev–Trinajstić information content (AvgIpc) is 3.84. The number of aliphatic imine (C=N–C) groups is 2. The highest BCUT2D eigenvalue weighted by molar-refractivity contribution is 7.21. The summed E-state index contributed by atoms with van der Waals surface area (Å²) in [5.74, 6) is 1.16. The van der Waals surface area contributed by atoms with E-state index < -0.39 is 0 Å². The highest BCUT2D eigenvalue weighted by Gasteiger charge is 2.18. The fourth-order valence-electron chi connectivity index (χ4n) is 7.88. The molecule has 1 unspecified atom stereocenters. The number of hydrogen-bond donors (Lipinski definition) is 0. The minimum absolute atomic E-state index is 0.312. The molecule has 6 aromatic carbocycles. The molecule has 8 aromatic rings. The highest BCUT2D eigenvalue weighted by atomic mass is 32.1. The van der Waals surface area contributed by atoms with Crippen molar-refractivity contribution in [2.24, 2.45) is 15.9 Å². The lowest BCUT2D eigenvalue weighted by molar-refractivity contribution is 0.887. The molecule has 5 heteroatoms.